The number of nitrogens with one attached hydrogen (secondary N) is 2. The summed E-state index contributed by atoms with van der Waals surface area (Å²) in [6.07, 6.45) is 6.23. The average molecular weight is 828 g/mol. The van der Waals surface area contributed by atoms with Gasteiger partial charge in [-0.05, 0) is 77.8 Å². The van der Waals surface area contributed by atoms with Crippen LogP contribution in [-0.2, 0) is 43.9 Å². The maximum absolute atomic E-state index is 13.7. The molecule has 5 atom stereocenters. The molecule has 10 heteroatoms. The third-order valence-electron chi connectivity index (χ3n) is 11.9. The van der Waals surface area contributed by atoms with Crippen LogP contribution in [0.15, 0.2) is 145 Å². The number of aliphatic hydroxyl groups excluding tert-OH is 1. The Labute approximate surface area is 355 Å². The van der Waals surface area contributed by atoms with E-state index >= 15 is 0 Å². The standard InChI is InChI=1S/C50H57N3O6S/c1-4-29-53(44-15-8-9-16-44)33-47-36(3)48(41-21-19-38(34-54)20-22-41)59-50(58-47)42-25-23-40(24-26-42)43-14-10-13-39(30-43)32-51-49(55)46(31-37-11-6-5-7-12-37)52-60(56,57)45-27-17-35(2)18-28-45/h4-7,10-14,17-28,30,36,44,46-48,50,52,54H,1,8-9,15-16,29,31-34H2,2-3H3,(H,51,55)/t36-,46-,47+,48+,50+/m1/s1. The number of carbonyl (C=O) groups excluding carboxylic acids is 1. The SMILES string of the molecule is C=CCN(C[C@@H]1O[C@H](c2ccc(-c3cccc(CNC(=O)[C@@H](Cc4ccccc4)NS(=O)(=O)c4ccc(C)cc4)c3)cc2)O[C@H](c2ccc(CO)cc2)[C@@H]1C)C1CCCC1. The first-order valence-corrected chi connectivity index (χ1v) is 22.5. The molecule has 3 N–H and O–H groups in total. The quantitative estimate of drug-likeness (QED) is 0.0805. The summed E-state index contributed by atoms with van der Waals surface area (Å²) >= 11 is 0. The van der Waals surface area contributed by atoms with Crippen LogP contribution in [0, 0.1) is 12.8 Å². The molecule has 2 fully saturated rings. The van der Waals surface area contributed by atoms with Crippen molar-refractivity contribution in [2.24, 2.45) is 5.92 Å². The zero-order chi connectivity index (χ0) is 42.1. The Morgan fingerprint density at radius 3 is 2.20 bits per heavy atom. The number of amides is 1. The van der Waals surface area contributed by atoms with E-state index in [0.717, 1.165) is 57.6 Å². The lowest BCUT2D eigenvalue weighted by Gasteiger charge is -2.43. The second-order valence-electron chi connectivity index (χ2n) is 16.2. The molecule has 0 unspecified atom stereocenters. The van der Waals surface area contributed by atoms with E-state index in [0.29, 0.717) is 6.04 Å². The van der Waals surface area contributed by atoms with Crippen molar-refractivity contribution in [3.05, 3.63) is 173 Å². The molecular weight excluding hydrogens is 771 g/mol. The molecular formula is C50H57N3O6S. The highest BCUT2D eigenvalue weighted by Gasteiger charge is 2.40. The first-order valence-electron chi connectivity index (χ1n) is 21.1. The van der Waals surface area contributed by atoms with E-state index in [2.05, 4.69) is 64.8 Å². The Morgan fingerprint density at radius 2 is 1.52 bits per heavy atom. The number of aliphatic hydroxyl groups is 1. The number of benzene rings is 5. The zero-order valence-electron chi connectivity index (χ0n) is 34.6. The van der Waals surface area contributed by atoms with Crippen molar-refractivity contribution in [1.29, 1.82) is 0 Å². The molecule has 5 aromatic carbocycles. The second kappa shape index (κ2) is 20.1. The molecule has 7 rings (SSSR count). The van der Waals surface area contributed by atoms with Crippen LogP contribution in [0.1, 0.15) is 78.4 Å². The van der Waals surface area contributed by atoms with E-state index in [9.17, 15) is 18.3 Å². The van der Waals surface area contributed by atoms with Gasteiger partial charge < -0.3 is 19.9 Å². The van der Waals surface area contributed by atoms with Crippen LogP contribution < -0.4 is 10.0 Å². The molecule has 314 valence electrons. The Kier molecular flexibility index (Phi) is 14.4. The van der Waals surface area contributed by atoms with Crippen molar-refractivity contribution in [3.63, 3.8) is 0 Å². The summed E-state index contributed by atoms with van der Waals surface area (Å²) in [5.41, 5.74) is 7.48. The third-order valence-corrected chi connectivity index (χ3v) is 13.4. The molecule has 0 radical (unpaired) electrons. The van der Waals surface area contributed by atoms with Crippen LogP contribution in [0.3, 0.4) is 0 Å². The van der Waals surface area contributed by atoms with Gasteiger partial charge in [-0.3, -0.25) is 9.69 Å². The maximum Gasteiger partial charge on any atom is 0.241 e. The molecule has 1 aliphatic heterocycles. The minimum absolute atomic E-state index is 0.00831. The van der Waals surface area contributed by atoms with Gasteiger partial charge in [0.1, 0.15) is 6.04 Å². The number of aryl methyl sites for hydroxylation is 1. The van der Waals surface area contributed by atoms with Crippen molar-refractivity contribution < 1.29 is 27.8 Å². The Bertz CT molecular complexity index is 2280. The van der Waals surface area contributed by atoms with E-state index in [1.165, 1.54) is 25.7 Å². The number of hydrogen-bond acceptors (Lipinski definition) is 7. The lowest BCUT2D eigenvalue weighted by Crippen LogP contribution is -2.47. The van der Waals surface area contributed by atoms with Gasteiger partial charge in [-0.1, -0.05) is 141 Å². The number of ether oxygens (including phenoxy) is 2. The Balaban J connectivity index is 1.06. The van der Waals surface area contributed by atoms with E-state index < -0.39 is 28.3 Å². The predicted molar refractivity (Wildman–Crippen MR) is 236 cm³/mol. The topological polar surface area (TPSA) is 117 Å². The van der Waals surface area contributed by atoms with Gasteiger partial charge in [0.05, 0.1) is 23.7 Å². The van der Waals surface area contributed by atoms with Crippen molar-refractivity contribution in [2.45, 2.75) is 94.6 Å². The molecule has 1 saturated heterocycles. The molecule has 1 amide bonds. The van der Waals surface area contributed by atoms with Gasteiger partial charge in [-0.2, -0.15) is 4.72 Å². The van der Waals surface area contributed by atoms with Gasteiger partial charge in [0.2, 0.25) is 15.9 Å². The summed E-state index contributed by atoms with van der Waals surface area (Å²) < 4.78 is 43.0. The summed E-state index contributed by atoms with van der Waals surface area (Å²) in [6.45, 7) is 9.97. The van der Waals surface area contributed by atoms with Gasteiger partial charge >= 0.3 is 0 Å². The monoisotopic (exact) mass is 827 g/mol. The highest BCUT2D eigenvalue weighted by molar-refractivity contribution is 7.89. The van der Waals surface area contributed by atoms with Crippen LogP contribution in [-0.4, -0.2) is 55.6 Å². The zero-order valence-corrected chi connectivity index (χ0v) is 35.4. The molecule has 0 bridgehead atoms. The second-order valence-corrected chi connectivity index (χ2v) is 17.9. The minimum Gasteiger partial charge on any atom is -0.392 e. The summed E-state index contributed by atoms with van der Waals surface area (Å²) in [5, 5.41) is 12.7. The molecule has 1 heterocycles. The normalized spacial score (nSPS) is 20.2. The highest BCUT2D eigenvalue weighted by atomic mass is 32.2. The highest BCUT2D eigenvalue weighted by Crippen LogP contribution is 2.42. The van der Waals surface area contributed by atoms with E-state index in [-0.39, 0.29) is 42.6 Å². The van der Waals surface area contributed by atoms with Crippen LogP contribution in [0.2, 0.25) is 0 Å². The fourth-order valence-electron chi connectivity index (χ4n) is 8.38. The molecule has 0 spiro atoms. The average Bonchev–Trinajstić information content (AvgIpc) is 3.82. The van der Waals surface area contributed by atoms with Crippen LogP contribution in [0.4, 0.5) is 0 Å². The van der Waals surface area contributed by atoms with Gasteiger partial charge in [-0.25, -0.2) is 8.42 Å². The summed E-state index contributed by atoms with van der Waals surface area (Å²) in [5.74, 6) is -0.331. The molecule has 60 heavy (non-hydrogen) atoms. The van der Waals surface area contributed by atoms with Gasteiger partial charge in [0, 0.05) is 37.2 Å². The molecule has 5 aromatic rings. The van der Waals surface area contributed by atoms with Gasteiger partial charge in [0.25, 0.3) is 0 Å². The molecule has 9 nitrogen and oxygen atoms in total. The largest absolute Gasteiger partial charge is 0.392 e. The Hall–Kier alpha value is -4.94. The van der Waals surface area contributed by atoms with Crippen molar-refractivity contribution in [3.8, 4) is 11.1 Å². The summed E-state index contributed by atoms with van der Waals surface area (Å²) in [7, 11) is -3.96. The summed E-state index contributed by atoms with van der Waals surface area (Å²) in [6, 6.07) is 39.7. The number of carbonyl (C=O) groups is 1. The van der Waals surface area contributed by atoms with Crippen molar-refractivity contribution in [2.75, 3.05) is 13.1 Å². The number of nitrogens with zero attached hydrogens (tertiary/aromatic N) is 1. The van der Waals surface area contributed by atoms with Crippen LogP contribution >= 0.6 is 0 Å². The fraction of sp³-hybridized carbons (Fsp3) is 0.340. The number of sulfonamides is 1. The van der Waals surface area contributed by atoms with E-state index in [1.54, 1.807) is 24.3 Å². The van der Waals surface area contributed by atoms with E-state index in [1.807, 2.05) is 79.7 Å². The third kappa shape index (κ3) is 10.9. The van der Waals surface area contributed by atoms with Crippen LogP contribution in [0.5, 0.6) is 0 Å². The molecule has 0 aromatic heterocycles. The lowest BCUT2D eigenvalue weighted by molar-refractivity contribution is -0.276. The van der Waals surface area contributed by atoms with Crippen LogP contribution in [0.25, 0.3) is 11.1 Å². The van der Waals surface area contributed by atoms with Gasteiger partial charge in [0.15, 0.2) is 6.29 Å². The maximum atomic E-state index is 13.7. The van der Waals surface area contributed by atoms with E-state index in [4.69, 9.17) is 9.47 Å². The molecule has 1 aliphatic carbocycles. The molecule has 2 aliphatic rings. The van der Waals surface area contributed by atoms with Crippen molar-refractivity contribution in [1.82, 2.24) is 14.9 Å². The first-order chi connectivity index (χ1) is 29.1. The first kappa shape index (κ1) is 43.2. The summed E-state index contributed by atoms with van der Waals surface area (Å²) in [4.78, 5) is 16.3. The Morgan fingerprint density at radius 1 is 0.833 bits per heavy atom. The smallest absolute Gasteiger partial charge is 0.241 e. The van der Waals surface area contributed by atoms with Gasteiger partial charge in [-0.15, -0.1) is 6.58 Å². The lowest BCUT2D eigenvalue weighted by atomic mass is 9.89. The minimum atomic E-state index is -3.96. The number of rotatable bonds is 17. The predicted octanol–water partition coefficient (Wildman–Crippen LogP) is 8.58. The fourth-order valence-corrected chi connectivity index (χ4v) is 9.58. The molecule has 1 saturated carbocycles. The van der Waals surface area contributed by atoms with Crippen molar-refractivity contribution >= 4 is 15.9 Å². The number of hydrogen-bond donors (Lipinski definition) is 3.